The first-order chi connectivity index (χ1) is 12.5. The molecule has 0 saturated heterocycles. The van der Waals surface area contributed by atoms with E-state index in [0.29, 0.717) is 29.4 Å². The largest absolute Gasteiger partial charge is 0.504 e. The number of hydrogen-bond acceptors (Lipinski definition) is 3. The molecule has 0 radical (unpaired) electrons. The van der Waals surface area contributed by atoms with Crippen molar-refractivity contribution >= 4 is 0 Å². The van der Waals surface area contributed by atoms with Crippen molar-refractivity contribution in [3.8, 4) is 11.5 Å². The van der Waals surface area contributed by atoms with Crippen LogP contribution in [-0.2, 0) is 6.42 Å². The van der Waals surface area contributed by atoms with Crippen LogP contribution in [0.25, 0.3) is 0 Å². The molecule has 3 aliphatic rings. The van der Waals surface area contributed by atoms with Gasteiger partial charge in [-0.2, -0.15) is 0 Å². The number of aromatic hydroxyl groups is 1. The van der Waals surface area contributed by atoms with Crippen LogP contribution in [0.1, 0.15) is 75.8 Å². The number of phenolic OH excluding ortho intramolecular Hbond substituents is 1. The Hall–Kier alpha value is -1.22. The molecule has 2 N–H and O–H groups in total. The molecule has 0 aromatic heterocycles. The van der Waals surface area contributed by atoms with Gasteiger partial charge < -0.3 is 14.9 Å². The predicted octanol–water partition coefficient (Wildman–Crippen LogP) is 5.03. The highest BCUT2D eigenvalue weighted by Crippen LogP contribution is 2.63. The van der Waals surface area contributed by atoms with Crippen molar-refractivity contribution in [1.29, 1.82) is 0 Å². The van der Waals surface area contributed by atoms with Crippen molar-refractivity contribution in [1.82, 2.24) is 0 Å². The zero-order valence-electron chi connectivity index (χ0n) is 16.5. The monoisotopic (exact) mass is 358 g/mol. The second-order valence-electron chi connectivity index (χ2n) is 9.27. The molecule has 1 aromatic rings. The summed E-state index contributed by atoms with van der Waals surface area (Å²) in [5.41, 5.74) is 2.79. The molecule has 6 atom stereocenters. The maximum Gasteiger partial charge on any atom is 0.160 e. The van der Waals surface area contributed by atoms with Gasteiger partial charge in [-0.3, -0.25) is 0 Å². The Morgan fingerprint density at radius 1 is 1.27 bits per heavy atom. The summed E-state index contributed by atoms with van der Waals surface area (Å²) in [6, 6.07) is 4.01. The molecule has 144 valence electrons. The number of hydrogen-bond donors (Lipinski definition) is 2. The first kappa shape index (κ1) is 18.2. The molecule has 0 heterocycles. The van der Waals surface area contributed by atoms with E-state index in [1.54, 1.807) is 7.11 Å². The van der Waals surface area contributed by atoms with Crippen LogP contribution in [0.3, 0.4) is 0 Å². The van der Waals surface area contributed by atoms with Crippen molar-refractivity contribution in [2.45, 2.75) is 77.2 Å². The second kappa shape index (κ2) is 6.74. The number of rotatable bonds is 4. The number of ether oxygens (including phenoxy) is 1. The molecule has 26 heavy (non-hydrogen) atoms. The maximum atomic E-state index is 11.1. The van der Waals surface area contributed by atoms with Gasteiger partial charge in [0.1, 0.15) is 0 Å². The van der Waals surface area contributed by atoms with E-state index in [2.05, 4.69) is 19.9 Å². The Bertz CT molecular complexity index is 670. The Morgan fingerprint density at radius 2 is 2.08 bits per heavy atom. The third-order valence-corrected chi connectivity index (χ3v) is 8.07. The highest BCUT2D eigenvalue weighted by Gasteiger charge is 2.57. The van der Waals surface area contributed by atoms with E-state index in [0.717, 1.165) is 19.3 Å². The number of benzene rings is 1. The predicted molar refractivity (Wildman–Crippen MR) is 104 cm³/mol. The van der Waals surface area contributed by atoms with Gasteiger partial charge in [0.05, 0.1) is 13.2 Å². The van der Waals surface area contributed by atoms with Crippen LogP contribution in [-0.4, -0.2) is 23.4 Å². The number of aliphatic hydroxyl groups excluding tert-OH is 1. The van der Waals surface area contributed by atoms with Crippen LogP contribution in [0.15, 0.2) is 12.1 Å². The molecule has 0 bridgehead atoms. The van der Waals surface area contributed by atoms with Crippen molar-refractivity contribution < 1.29 is 14.9 Å². The average molecular weight is 359 g/mol. The van der Waals surface area contributed by atoms with Crippen LogP contribution in [0.4, 0.5) is 0 Å². The molecule has 3 heteroatoms. The minimum Gasteiger partial charge on any atom is -0.504 e. The van der Waals surface area contributed by atoms with Crippen molar-refractivity contribution in [2.75, 3.05) is 7.11 Å². The lowest BCUT2D eigenvalue weighted by Crippen LogP contribution is -2.44. The van der Waals surface area contributed by atoms with Gasteiger partial charge in [-0.1, -0.05) is 26.7 Å². The second-order valence-corrected chi connectivity index (χ2v) is 9.27. The fraction of sp³-hybridized carbons (Fsp3) is 0.739. The summed E-state index contributed by atoms with van der Waals surface area (Å²) < 4.78 is 5.39. The fourth-order valence-corrected chi connectivity index (χ4v) is 6.65. The van der Waals surface area contributed by atoms with E-state index >= 15 is 0 Å². The first-order valence-corrected chi connectivity index (χ1v) is 10.6. The van der Waals surface area contributed by atoms with E-state index in [1.807, 2.05) is 6.07 Å². The van der Waals surface area contributed by atoms with Crippen LogP contribution in [0.5, 0.6) is 11.5 Å². The summed E-state index contributed by atoms with van der Waals surface area (Å²) in [6.07, 6.45) is 9.19. The van der Waals surface area contributed by atoms with Crippen LogP contribution in [0.2, 0.25) is 0 Å². The third-order valence-electron chi connectivity index (χ3n) is 8.07. The number of unbranched alkanes of at least 4 members (excludes halogenated alkanes) is 1. The minimum atomic E-state index is -0.129. The highest BCUT2D eigenvalue weighted by molar-refractivity contribution is 5.49. The molecule has 0 aliphatic heterocycles. The highest BCUT2D eigenvalue weighted by atomic mass is 16.5. The Morgan fingerprint density at radius 3 is 2.81 bits per heavy atom. The number of methoxy groups -OCH3 is 1. The minimum absolute atomic E-state index is 0.0953. The van der Waals surface area contributed by atoms with Crippen molar-refractivity contribution in [2.24, 2.45) is 23.2 Å². The van der Waals surface area contributed by atoms with E-state index in [4.69, 9.17) is 4.74 Å². The lowest BCUT2D eigenvalue weighted by molar-refractivity contribution is -0.0335. The average Bonchev–Trinajstić information content (AvgIpc) is 2.90. The van der Waals surface area contributed by atoms with Gasteiger partial charge in [0.15, 0.2) is 11.5 Å². The van der Waals surface area contributed by atoms with Gasteiger partial charge in [0.2, 0.25) is 0 Å². The Kier molecular flexibility index (Phi) is 4.71. The first-order valence-electron chi connectivity index (χ1n) is 10.6. The summed E-state index contributed by atoms with van der Waals surface area (Å²) >= 11 is 0. The van der Waals surface area contributed by atoms with E-state index in [1.165, 1.54) is 43.2 Å². The van der Waals surface area contributed by atoms with Gasteiger partial charge in [0.25, 0.3) is 0 Å². The molecule has 0 spiro atoms. The number of phenols is 1. The standard InChI is InChI=1S/C23H34O3/c1-4-5-6-15-11-19-17-8-7-14-12-20(24)21(26-3)13-18(14)16(17)9-10-23(19,2)22(15)25/h12-13,15-17,19,22,24-25H,4-11H2,1-3H3/t15-,16-,17+,19-,22-,23-/m0/s1. The molecule has 3 nitrogen and oxygen atoms in total. The zero-order chi connectivity index (χ0) is 18.5. The number of aliphatic hydroxyl groups is 1. The summed E-state index contributed by atoms with van der Waals surface area (Å²) in [7, 11) is 1.63. The molecule has 4 rings (SSSR count). The SMILES string of the molecule is CCCC[C@H]1C[C@H]2[C@@H]3CCc4cc(O)c(OC)cc4[C@H]3CC[C@]2(C)[C@H]1O. The number of aryl methyl sites for hydroxylation is 1. The van der Waals surface area contributed by atoms with Gasteiger partial charge in [-0.25, -0.2) is 0 Å². The maximum absolute atomic E-state index is 11.1. The lowest BCUT2D eigenvalue weighted by atomic mass is 9.55. The summed E-state index contributed by atoms with van der Waals surface area (Å²) in [5.74, 6) is 3.21. The molecular weight excluding hydrogens is 324 g/mol. The zero-order valence-corrected chi connectivity index (χ0v) is 16.5. The summed E-state index contributed by atoms with van der Waals surface area (Å²) in [6.45, 7) is 4.60. The van der Waals surface area contributed by atoms with Crippen LogP contribution >= 0.6 is 0 Å². The fourth-order valence-electron chi connectivity index (χ4n) is 6.65. The summed E-state index contributed by atoms with van der Waals surface area (Å²) in [5, 5.41) is 21.3. The van der Waals surface area contributed by atoms with Crippen LogP contribution in [0, 0.1) is 23.2 Å². The molecule has 3 aliphatic carbocycles. The normalized spacial score (nSPS) is 38.4. The van der Waals surface area contributed by atoms with E-state index < -0.39 is 0 Å². The molecule has 2 saturated carbocycles. The summed E-state index contributed by atoms with van der Waals surface area (Å²) in [4.78, 5) is 0. The Balaban J connectivity index is 1.63. The van der Waals surface area contributed by atoms with Gasteiger partial charge >= 0.3 is 0 Å². The van der Waals surface area contributed by atoms with E-state index in [-0.39, 0.29) is 17.3 Å². The lowest BCUT2D eigenvalue weighted by Gasteiger charge is -2.50. The van der Waals surface area contributed by atoms with Crippen molar-refractivity contribution in [3.05, 3.63) is 23.3 Å². The van der Waals surface area contributed by atoms with Crippen LogP contribution < -0.4 is 4.74 Å². The van der Waals surface area contributed by atoms with E-state index in [9.17, 15) is 10.2 Å². The van der Waals surface area contributed by atoms with Gasteiger partial charge in [-0.05, 0) is 90.9 Å². The molecule has 1 aromatic carbocycles. The van der Waals surface area contributed by atoms with Gasteiger partial charge in [-0.15, -0.1) is 0 Å². The molecule has 0 amide bonds. The molecule has 2 fully saturated rings. The van der Waals surface area contributed by atoms with Gasteiger partial charge in [0, 0.05) is 0 Å². The third kappa shape index (κ3) is 2.66. The molecule has 0 unspecified atom stereocenters. The smallest absolute Gasteiger partial charge is 0.160 e. The van der Waals surface area contributed by atoms with Crippen molar-refractivity contribution in [3.63, 3.8) is 0 Å². The topological polar surface area (TPSA) is 49.7 Å². The Labute approximate surface area is 157 Å². The number of fused-ring (bicyclic) bond motifs is 5. The molecular formula is C23H34O3. The quantitative estimate of drug-likeness (QED) is 0.793.